The van der Waals surface area contributed by atoms with Gasteiger partial charge in [0.1, 0.15) is 29.7 Å². The average molecular weight is 424 g/mol. The Balaban J connectivity index is 2.22. The van der Waals surface area contributed by atoms with Crippen LogP contribution in [0.5, 0.6) is 23.0 Å². The summed E-state index contributed by atoms with van der Waals surface area (Å²) in [5.74, 6) is 1.99. The van der Waals surface area contributed by atoms with E-state index in [1.54, 1.807) is 32.4 Å². The Morgan fingerprint density at radius 3 is 2.39 bits per heavy atom. The molecule has 0 saturated heterocycles. The Kier molecular flexibility index (Phi) is 8.77. The molecule has 0 bridgehead atoms. The molecular weight excluding hydrogens is 396 g/mol. The summed E-state index contributed by atoms with van der Waals surface area (Å²) in [6.07, 6.45) is 2.30. The molecule has 0 aliphatic carbocycles. The molecule has 2 rings (SSSR count). The van der Waals surface area contributed by atoms with Crippen LogP contribution in [0.3, 0.4) is 0 Å². The maximum absolute atomic E-state index is 12.3. The van der Waals surface area contributed by atoms with Crippen LogP contribution in [0, 0.1) is 11.3 Å². The lowest BCUT2D eigenvalue weighted by atomic mass is 10.1. The highest BCUT2D eigenvalue weighted by atomic mass is 16.5. The summed E-state index contributed by atoms with van der Waals surface area (Å²) in [4.78, 5) is 12.3. The average Bonchev–Trinajstić information content (AvgIpc) is 2.80. The van der Waals surface area contributed by atoms with Gasteiger partial charge in [-0.25, -0.2) is 0 Å². The summed E-state index contributed by atoms with van der Waals surface area (Å²) in [6, 6.07) is 12.6. The Morgan fingerprint density at radius 2 is 1.77 bits per heavy atom. The van der Waals surface area contributed by atoms with Crippen molar-refractivity contribution in [3.63, 3.8) is 0 Å². The van der Waals surface area contributed by atoms with Gasteiger partial charge in [-0.15, -0.1) is 0 Å². The van der Waals surface area contributed by atoms with Crippen molar-refractivity contribution in [1.82, 2.24) is 5.32 Å². The van der Waals surface area contributed by atoms with Gasteiger partial charge in [0.05, 0.1) is 21.3 Å². The number of nitriles is 1. The van der Waals surface area contributed by atoms with Gasteiger partial charge in [-0.05, 0) is 55.3 Å². The standard InChI is InChI=1S/C24H28N2O5/c1-6-16(2)26-24(27)18(14-25)11-17-7-9-22(23(12-17)30-5)31-15-19-13-20(28-3)8-10-21(19)29-4/h7-13,16H,6,15H2,1-5H3,(H,26,27)/b18-11+/t16-/m0/s1. The van der Waals surface area contributed by atoms with Crippen molar-refractivity contribution in [3.05, 3.63) is 53.1 Å². The van der Waals surface area contributed by atoms with E-state index in [1.807, 2.05) is 38.1 Å². The summed E-state index contributed by atoms with van der Waals surface area (Å²) in [7, 11) is 4.72. The first-order valence-corrected chi connectivity index (χ1v) is 9.90. The number of amides is 1. The largest absolute Gasteiger partial charge is 0.497 e. The molecule has 2 aromatic rings. The maximum atomic E-state index is 12.3. The number of carbonyl (C=O) groups excluding carboxylic acids is 1. The van der Waals surface area contributed by atoms with E-state index in [-0.39, 0.29) is 18.2 Å². The van der Waals surface area contributed by atoms with E-state index < -0.39 is 5.91 Å². The van der Waals surface area contributed by atoms with Crippen molar-refractivity contribution in [1.29, 1.82) is 5.26 Å². The third-order valence-corrected chi connectivity index (χ3v) is 4.72. The van der Waals surface area contributed by atoms with Gasteiger partial charge < -0.3 is 24.3 Å². The van der Waals surface area contributed by atoms with Crippen LogP contribution < -0.4 is 24.3 Å². The molecule has 0 aliphatic rings. The Labute approximate surface area is 183 Å². The summed E-state index contributed by atoms with van der Waals surface area (Å²) in [5, 5.41) is 12.2. The fourth-order valence-corrected chi connectivity index (χ4v) is 2.76. The maximum Gasteiger partial charge on any atom is 0.262 e. The summed E-state index contributed by atoms with van der Waals surface area (Å²) >= 11 is 0. The molecule has 7 heteroatoms. The summed E-state index contributed by atoms with van der Waals surface area (Å²) in [5.41, 5.74) is 1.50. The molecule has 1 N–H and O–H groups in total. The monoisotopic (exact) mass is 424 g/mol. The molecule has 1 amide bonds. The Bertz CT molecular complexity index is 978. The second-order valence-electron chi connectivity index (χ2n) is 6.83. The minimum atomic E-state index is -0.402. The predicted molar refractivity (Wildman–Crippen MR) is 118 cm³/mol. The number of hydrogen-bond acceptors (Lipinski definition) is 6. The molecule has 0 fully saturated rings. The zero-order valence-electron chi connectivity index (χ0n) is 18.5. The van der Waals surface area contributed by atoms with Crippen LogP contribution in [0.25, 0.3) is 6.08 Å². The van der Waals surface area contributed by atoms with Gasteiger partial charge in [0.25, 0.3) is 5.91 Å². The molecule has 164 valence electrons. The molecule has 0 spiro atoms. The first kappa shape index (κ1) is 23.6. The minimum Gasteiger partial charge on any atom is -0.497 e. The van der Waals surface area contributed by atoms with Crippen molar-refractivity contribution in [2.75, 3.05) is 21.3 Å². The van der Waals surface area contributed by atoms with E-state index in [4.69, 9.17) is 18.9 Å². The highest BCUT2D eigenvalue weighted by molar-refractivity contribution is 6.01. The third kappa shape index (κ3) is 6.41. The molecule has 7 nitrogen and oxygen atoms in total. The molecule has 0 unspecified atom stereocenters. The van der Waals surface area contributed by atoms with Crippen molar-refractivity contribution in [2.24, 2.45) is 0 Å². The zero-order valence-corrected chi connectivity index (χ0v) is 18.5. The summed E-state index contributed by atoms with van der Waals surface area (Å²) < 4.78 is 22.0. The minimum absolute atomic E-state index is 0.0110. The first-order chi connectivity index (χ1) is 14.9. The van der Waals surface area contributed by atoms with Crippen LogP contribution >= 0.6 is 0 Å². The topological polar surface area (TPSA) is 89.8 Å². The smallest absolute Gasteiger partial charge is 0.262 e. The van der Waals surface area contributed by atoms with Crippen molar-refractivity contribution in [2.45, 2.75) is 32.9 Å². The van der Waals surface area contributed by atoms with Gasteiger partial charge in [0.2, 0.25) is 0 Å². The molecule has 31 heavy (non-hydrogen) atoms. The number of carbonyl (C=O) groups is 1. The van der Waals surface area contributed by atoms with Crippen molar-refractivity contribution < 1.29 is 23.7 Å². The quantitative estimate of drug-likeness (QED) is 0.456. The van der Waals surface area contributed by atoms with Gasteiger partial charge in [-0.2, -0.15) is 5.26 Å². The van der Waals surface area contributed by atoms with Gasteiger partial charge in [-0.3, -0.25) is 4.79 Å². The molecule has 1 atom stereocenters. The number of nitrogens with zero attached hydrogens (tertiary/aromatic N) is 1. The highest BCUT2D eigenvalue weighted by Crippen LogP contribution is 2.31. The molecule has 0 radical (unpaired) electrons. The van der Waals surface area contributed by atoms with E-state index in [1.165, 1.54) is 13.2 Å². The van der Waals surface area contributed by atoms with E-state index >= 15 is 0 Å². The van der Waals surface area contributed by atoms with Crippen LogP contribution in [-0.2, 0) is 11.4 Å². The third-order valence-electron chi connectivity index (χ3n) is 4.72. The molecule has 2 aromatic carbocycles. The van der Waals surface area contributed by atoms with Crippen LogP contribution in [0.4, 0.5) is 0 Å². The lowest BCUT2D eigenvalue weighted by Gasteiger charge is -2.14. The predicted octanol–water partition coefficient (Wildman–Crippen LogP) is 4.11. The van der Waals surface area contributed by atoms with Crippen LogP contribution in [0.1, 0.15) is 31.4 Å². The number of benzene rings is 2. The fraction of sp³-hybridized carbons (Fsp3) is 0.333. The molecule has 0 heterocycles. The Morgan fingerprint density at radius 1 is 1.06 bits per heavy atom. The molecule has 0 aromatic heterocycles. The number of rotatable bonds is 10. The van der Waals surface area contributed by atoms with Crippen molar-refractivity contribution in [3.8, 4) is 29.1 Å². The van der Waals surface area contributed by atoms with E-state index in [2.05, 4.69) is 5.32 Å². The van der Waals surface area contributed by atoms with Crippen molar-refractivity contribution >= 4 is 12.0 Å². The molecule has 0 saturated carbocycles. The first-order valence-electron chi connectivity index (χ1n) is 9.90. The number of ether oxygens (including phenoxy) is 4. The summed E-state index contributed by atoms with van der Waals surface area (Å²) in [6.45, 7) is 4.09. The highest BCUT2D eigenvalue weighted by Gasteiger charge is 2.13. The zero-order chi connectivity index (χ0) is 22.8. The lowest BCUT2D eigenvalue weighted by molar-refractivity contribution is -0.117. The van der Waals surface area contributed by atoms with Crippen LogP contribution in [0.15, 0.2) is 42.0 Å². The van der Waals surface area contributed by atoms with E-state index in [0.29, 0.717) is 28.6 Å². The molecular formula is C24H28N2O5. The lowest BCUT2D eigenvalue weighted by Crippen LogP contribution is -2.32. The second-order valence-corrected chi connectivity index (χ2v) is 6.83. The van der Waals surface area contributed by atoms with E-state index in [0.717, 1.165) is 12.0 Å². The van der Waals surface area contributed by atoms with Gasteiger partial charge in [-0.1, -0.05) is 13.0 Å². The van der Waals surface area contributed by atoms with Crippen LogP contribution in [-0.4, -0.2) is 33.3 Å². The van der Waals surface area contributed by atoms with Gasteiger partial charge in [0.15, 0.2) is 11.5 Å². The Hall–Kier alpha value is -3.66. The normalized spacial score (nSPS) is 11.8. The van der Waals surface area contributed by atoms with Gasteiger partial charge in [0, 0.05) is 11.6 Å². The second kappa shape index (κ2) is 11.5. The molecule has 0 aliphatic heterocycles. The van der Waals surface area contributed by atoms with Gasteiger partial charge >= 0.3 is 0 Å². The number of methoxy groups -OCH3 is 3. The number of hydrogen-bond donors (Lipinski definition) is 1. The van der Waals surface area contributed by atoms with E-state index in [9.17, 15) is 10.1 Å². The SMILES string of the molecule is CC[C@H](C)NC(=O)/C(C#N)=C/c1ccc(OCc2cc(OC)ccc2OC)c(OC)c1. The van der Waals surface area contributed by atoms with Crippen LogP contribution in [0.2, 0.25) is 0 Å². The fourth-order valence-electron chi connectivity index (χ4n) is 2.76. The number of nitrogens with one attached hydrogen (secondary N) is 1.